The Labute approximate surface area is 127 Å². The van der Waals surface area contributed by atoms with Crippen LogP contribution in [0.25, 0.3) is 0 Å². The van der Waals surface area contributed by atoms with Crippen LogP contribution in [0.1, 0.15) is 36.8 Å². The van der Waals surface area contributed by atoms with Crippen LogP contribution < -0.4 is 0 Å². The molecule has 22 heavy (non-hydrogen) atoms. The SMILES string of the molecule is CC(CC(=O)N1CCC(CO)C1)c1cccc(C(F)(F)F)c1. The molecule has 1 aromatic rings. The molecule has 0 spiro atoms. The van der Waals surface area contributed by atoms with Crippen molar-refractivity contribution in [3.8, 4) is 0 Å². The number of rotatable bonds is 4. The largest absolute Gasteiger partial charge is 0.416 e. The first-order valence-corrected chi connectivity index (χ1v) is 7.37. The second kappa shape index (κ2) is 6.69. The van der Waals surface area contributed by atoms with E-state index in [1.165, 1.54) is 6.07 Å². The van der Waals surface area contributed by atoms with Gasteiger partial charge in [-0.05, 0) is 24.0 Å². The molecule has 6 heteroatoms. The molecule has 2 rings (SSSR count). The summed E-state index contributed by atoms with van der Waals surface area (Å²) in [7, 11) is 0. The number of amides is 1. The van der Waals surface area contributed by atoms with Crippen molar-refractivity contribution >= 4 is 5.91 Å². The second-order valence-corrected chi connectivity index (χ2v) is 5.91. The van der Waals surface area contributed by atoms with Gasteiger partial charge in [-0.15, -0.1) is 0 Å². The molecule has 122 valence electrons. The lowest BCUT2D eigenvalue weighted by Gasteiger charge is -2.20. The fraction of sp³-hybridized carbons (Fsp3) is 0.562. The maximum absolute atomic E-state index is 12.7. The molecular weight excluding hydrogens is 295 g/mol. The predicted octanol–water partition coefficient (Wildman–Crippen LogP) is 3.04. The van der Waals surface area contributed by atoms with Crippen LogP contribution >= 0.6 is 0 Å². The zero-order valence-electron chi connectivity index (χ0n) is 12.4. The number of carbonyl (C=O) groups excluding carboxylic acids is 1. The Kier molecular flexibility index (Phi) is 5.11. The van der Waals surface area contributed by atoms with Crippen molar-refractivity contribution in [2.75, 3.05) is 19.7 Å². The Morgan fingerprint density at radius 2 is 2.18 bits per heavy atom. The Bertz CT molecular complexity index is 530. The highest BCUT2D eigenvalue weighted by molar-refractivity contribution is 5.77. The molecule has 2 atom stereocenters. The maximum Gasteiger partial charge on any atom is 0.416 e. The predicted molar refractivity (Wildman–Crippen MR) is 76.2 cm³/mol. The lowest BCUT2D eigenvalue weighted by atomic mass is 9.95. The van der Waals surface area contributed by atoms with Crippen molar-refractivity contribution in [3.05, 3.63) is 35.4 Å². The molecule has 0 radical (unpaired) electrons. The average molecular weight is 315 g/mol. The van der Waals surface area contributed by atoms with Gasteiger partial charge < -0.3 is 10.0 Å². The third-order valence-corrected chi connectivity index (χ3v) is 4.16. The lowest BCUT2D eigenvalue weighted by molar-refractivity contribution is -0.137. The fourth-order valence-corrected chi connectivity index (χ4v) is 2.74. The summed E-state index contributed by atoms with van der Waals surface area (Å²) in [5.74, 6) is -0.225. The maximum atomic E-state index is 12.7. The highest BCUT2D eigenvalue weighted by atomic mass is 19.4. The van der Waals surface area contributed by atoms with Gasteiger partial charge in [-0.1, -0.05) is 25.1 Å². The number of aliphatic hydroxyl groups excluding tert-OH is 1. The normalized spacial score (nSPS) is 20.2. The molecule has 1 fully saturated rings. The smallest absolute Gasteiger partial charge is 0.396 e. The molecule has 3 nitrogen and oxygen atoms in total. The van der Waals surface area contributed by atoms with Gasteiger partial charge in [0.15, 0.2) is 0 Å². The third-order valence-electron chi connectivity index (χ3n) is 4.16. The van der Waals surface area contributed by atoms with Crippen LogP contribution in [-0.4, -0.2) is 35.6 Å². The van der Waals surface area contributed by atoms with E-state index in [0.717, 1.165) is 18.6 Å². The van der Waals surface area contributed by atoms with Gasteiger partial charge in [-0.25, -0.2) is 0 Å². The zero-order valence-corrected chi connectivity index (χ0v) is 12.4. The van der Waals surface area contributed by atoms with Gasteiger partial charge in [-0.2, -0.15) is 13.2 Å². The van der Waals surface area contributed by atoms with Crippen LogP contribution in [0.3, 0.4) is 0 Å². The van der Waals surface area contributed by atoms with Crippen molar-refractivity contribution in [3.63, 3.8) is 0 Å². The van der Waals surface area contributed by atoms with E-state index in [2.05, 4.69) is 0 Å². The number of likely N-dealkylation sites (tertiary alicyclic amines) is 1. The Morgan fingerprint density at radius 1 is 1.45 bits per heavy atom. The third kappa shape index (κ3) is 4.00. The van der Waals surface area contributed by atoms with E-state index in [9.17, 15) is 18.0 Å². The Balaban J connectivity index is 2.00. The van der Waals surface area contributed by atoms with E-state index < -0.39 is 11.7 Å². The molecule has 1 amide bonds. The average Bonchev–Trinajstić information content (AvgIpc) is 2.95. The van der Waals surface area contributed by atoms with Crippen molar-refractivity contribution in [1.82, 2.24) is 4.90 Å². The summed E-state index contributed by atoms with van der Waals surface area (Å²) in [6.07, 6.45) is -3.41. The first-order valence-electron chi connectivity index (χ1n) is 7.37. The van der Waals surface area contributed by atoms with Gasteiger partial charge in [-0.3, -0.25) is 4.79 Å². The molecule has 0 aliphatic carbocycles. The number of benzene rings is 1. The van der Waals surface area contributed by atoms with Crippen LogP contribution in [0.2, 0.25) is 0 Å². The van der Waals surface area contributed by atoms with Crippen LogP contribution in [-0.2, 0) is 11.0 Å². The number of hydrogen-bond donors (Lipinski definition) is 1. The van der Waals surface area contributed by atoms with Gasteiger partial charge in [0.2, 0.25) is 5.91 Å². The van der Waals surface area contributed by atoms with Crippen molar-refractivity contribution in [2.45, 2.75) is 31.9 Å². The van der Waals surface area contributed by atoms with E-state index in [-0.39, 0.29) is 30.8 Å². The molecule has 0 aromatic heterocycles. The van der Waals surface area contributed by atoms with Gasteiger partial charge in [0.05, 0.1) is 5.56 Å². The van der Waals surface area contributed by atoms with E-state index in [1.807, 2.05) is 0 Å². The first kappa shape index (κ1) is 16.8. The monoisotopic (exact) mass is 315 g/mol. The first-order chi connectivity index (χ1) is 10.3. The van der Waals surface area contributed by atoms with Crippen molar-refractivity contribution in [1.29, 1.82) is 0 Å². The van der Waals surface area contributed by atoms with E-state index in [1.54, 1.807) is 17.9 Å². The van der Waals surface area contributed by atoms with Gasteiger partial charge in [0.25, 0.3) is 0 Å². The summed E-state index contributed by atoms with van der Waals surface area (Å²) in [4.78, 5) is 13.9. The summed E-state index contributed by atoms with van der Waals surface area (Å²) in [6, 6.07) is 5.13. The van der Waals surface area contributed by atoms with Gasteiger partial charge in [0.1, 0.15) is 0 Å². The minimum Gasteiger partial charge on any atom is -0.396 e. The van der Waals surface area contributed by atoms with Crippen molar-refractivity contribution in [2.24, 2.45) is 5.92 Å². The quantitative estimate of drug-likeness (QED) is 0.928. The minimum absolute atomic E-state index is 0.0625. The highest BCUT2D eigenvalue weighted by Gasteiger charge is 2.31. The molecule has 0 saturated carbocycles. The van der Waals surface area contributed by atoms with Crippen LogP contribution in [0.5, 0.6) is 0 Å². The zero-order chi connectivity index (χ0) is 16.3. The van der Waals surface area contributed by atoms with Crippen LogP contribution in [0.4, 0.5) is 13.2 Å². The number of hydrogen-bond acceptors (Lipinski definition) is 2. The molecule has 1 heterocycles. The summed E-state index contributed by atoms with van der Waals surface area (Å²) < 4.78 is 38.2. The number of alkyl halides is 3. The summed E-state index contributed by atoms with van der Waals surface area (Å²) in [5.41, 5.74) is -0.174. The number of aliphatic hydroxyl groups is 1. The van der Waals surface area contributed by atoms with E-state index in [0.29, 0.717) is 18.7 Å². The topological polar surface area (TPSA) is 40.5 Å². The molecular formula is C16H20F3NO2. The highest BCUT2D eigenvalue weighted by Crippen LogP contribution is 2.32. The number of halogens is 3. The number of nitrogens with zero attached hydrogens (tertiary/aromatic N) is 1. The summed E-state index contributed by atoms with van der Waals surface area (Å²) in [6.45, 7) is 2.96. The Morgan fingerprint density at radius 3 is 2.77 bits per heavy atom. The van der Waals surface area contributed by atoms with Crippen LogP contribution in [0, 0.1) is 5.92 Å². The molecule has 0 bridgehead atoms. The van der Waals surface area contributed by atoms with Gasteiger partial charge in [0, 0.05) is 32.0 Å². The molecule has 1 N–H and O–H groups in total. The minimum atomic E-state index is -4.37. The number of carbonyl (C=O) groups is 1. The fourth-order valence-electron chi connectivity index (χ4n) is 2.74. The standard InChI is InChI=1S/C16H20F3NO2/c1-11(7-15(22)20-6-5-12(9-20)10-21)13-3-2-4-14(8-13)16(17,18)19/h2-4,8,11-12,21H,5-7,9-10H2,1H3. The molecule has 1 aromatic carbocycles. The molecule has 2 unspecified atom stereocenters. The van der Waals surface area contributed by atoms with E-state index >= 15 is 0 Å². The van der Waals surface area contributed by atoms with Gasteiger partial charge >= 0.3 is 6.18 Å². The summed E-state index contributed by atoms with van der Waals surface area (Å²) in [5, 5.41) is 9.09. The molecule has 1 saturated heterocycles. The molecule has 1 aliphatic rings. The Hall–Kier alpha value is -1.56. The summed E-state index contributed by atoms with van der Waals surface area (Å²) >= 11 is 0. The lowest BCUT2D eigenvalue weighted by Crippen LogP contribution is -2.30. The van der Waals surface area contributed by atoms with Crippen molar-refractivity contribution < 1.29 is 23.1 Å². The second-order valence-electron chi connectivity index (χ2n) is 5.91. The molecule has 1 aliphatic heterocycles. The van der Waals surface area contributed by atoms with Crippen LogP contribution in [0.15, 0.2) is 24.3 Å². The van der Waals surface area contributed by atoms with E-state index in [4.69, 9.17) is 5.11 Å².